The molecule has 1 amide bonds. The average Bonchev–Trinajstić information content (AvgIpc) is 2.62. The first-order valence-corrected chi connectivity index (χ1v) is 7.86. The molecule has 2 aromatic carbocycles. The second kappa shape index (κ2) is 8.25. The summed E-state index contributed by atoms with van der Waals surface area (Å²) in [4.78, 5) is 23.0. The number of ether oxygens (including phenoxy) is 1. The number of carbonyl (C=O) groups excluding carboxylic acids is 1. The molecule has 25 heavy (non-hydrogen) atoms. The van der Waals surface area contributed by atoms with E-state index in [2.05, 4.69) is 10.6 Å². The van der Waals surface area contributed by atoms with Crippen LogP contribution in [0, 0.1) is 10.1 Å². The average molecular weight is 343 g/mol. The first-order valence-electron chi connectivity index (χ1n) is 7.86. The lowest BCUT2D eigenvalue weighted by molar-refractivity contribution is -0.384. The van der Waals surface area contributed by atoms with Crippen molar-refractivity contribution in [3.63, 3.8) is 0 Å². The largest absolute Gasteiger partial charge is 0.496 e. The molecule has 0 bridgehead atoms. The van der Waals surface area contributed by atoms with E-state index in [9.17, 15) is 14.9 Å². The number of benzene rings is 2. The number of amides is 1. The standard InChI is InChI=1S/C18H21N3O4/c1-12(14-7-5-4-6-8-14)19-13(2)18(22)20-16-10-9-15(25-3)11-17(16)21(23)24/h4-13,19H,1-3H3,(H,20,22)/t12-,13+/m1/s1. The molecule has 0 radical (unpaired) electrons. The molecular weight excluding hydrogens is 322 g/mol. The summed E-state index contributed by atoms with van der Waals surface area (Å²) in [5, 5.41) is 17.0. The molecule has 2 N–H and O–H groups in total. The van der Waals surface area contributed by atoms with Crippen molar-refractivity contribution >= 4 is 17.3 Å². The van der Waals surface area contributed by atoms with Crippen molar-refractivity contribution in [1.29, 1.82) is 0 Å². The fraction of sp³-hybridized carbons (Fsp3) is 0.278. The van der Waals surface area contributed by atoms with Crippen molar-refractivity contribution in [3.8, 4) is 5.75 Å². The Balaban J connectivity index is 2.07. The summed E-state index contributed by atoms with van der Waals surface area (Å²) in [5.41, 5.74) is 0.977. The minimum absolute atomic E-state index is 0.0344. The topological polar surface area (TPSA) is 93.5 Å². The van der Waals surface area contributed by atoms with Gasteiger partial charge in [-0.15, -0.1) is 0 Å². The van der Waals surface area contributed by atoms with Crippen LogP contribution in [-0.4, -0.2) is 24.0 Å². The Kier molecular flexibility index (Phi) is 6.08. The van der Waals surface area contributed by atoms with Gasteiger partial charge in [0.25, 0.3) is 5.69 Å². The van der Waals surface area contributed by atoms with Gasteiger partial charge in [0.2, 0.25) is 5.91 Å². The molecule has 0 aliphatic carbocycles. The molecule has 0 saturated heterocycles. The Hall–Kier alpha value is -2.93. The van der Waals surface area contributed by atoms with Crippen LogP contribution in [0.3, 0.4) is 0 Å². The number of anilines is 1. The van der Waals surface area contributed by atoms with Crippen molar-refractivity contribution in [2.75, 3.05) is 12.4 Å². The zero-order chi connectivity index (χ0) is 18.4. The Bertz CT molecular complexity index is 749. The molecule has 7 nitrogen and oxygen atoms in total. The number of nitrogens with one attached hydrogen (secondary N) is 2. The fourth-order valence-electron chi connectivity index (χ4n) is 2.42. The summed E-state index contributed by atoms with van der Waals surface area (Å²) in [6, 6.07) is 13.5. The number of methoxy groups -OCH3 is 1. The second-order valence-corrected chi connectivity index (χ2v) is 5.65. The summed E-state index contributed by atoms with van der Waals surface area (Å²) < 4.78 is 4.98. The summed E-state index contributed by atoms with van der Waals surface area (Å²) >= 11 is 0. The highest BCUT2D eigenvalue weighted by Crippen LogP contribution is 2.29. The molecule has 2 rings (SSSR count). The summed E-state index contributed by atoms with van der Waals surface area (Å²) in [7, 11) is 1.42. The van der Waals surface area contributed by atoms with Gasteiger partial charge in [0, 0.05) is 6.04 Å². The predicted octanol–water partition coefficient (Wildman–Crippen LogP) is 3.28. The number of rotatable bonds is 7. The van der Waals surface area contributed by atoms with Crippen molar-refractivity contribution in [2.24, 2.45) is 0 Å². The van der Waals surface area contributed by atoms with Crippen LogP contribution in [0.25, 0.3) is 0 Å². The van der Waals surface area contributed by atoms with Crippen molar-refractivity contribution in [1.82, 2.24) is 5.32 Å². The van der Waals surface area contributed by atoms with Gasteiger partial charge in [-0.05, 0) is 31.5 Å². The van der Waals surface area contributed by atoms with Gasteiger partial charge in [-0.2, -0.15) is 0 Å². The maximum Gasteiger partial charge on any atom is 0.296 e. The number of nitro groups is 1. The fourth-order valence-corrected chi connectivity index (χ4v) is 2.42. The zero-order valence-corrected chi connectivity index (χ0v) is 14.4. The van der Waals surface area contributed by atoms with E-state index < -0.39 is 11.0 Å². The third kappa shape index (κ3) is 4.77. The van der Waals surface area contributed by atoms with E-state index in [0.29, 0.717) is 5.75 Å². The van der Waals surface area contributed by atoms with Gasteiger partial charge in [-0.3, -0.25) is 20.2 Å². The SMILES string of the molecule is COc1ccc(NC(=O)[C@H](C)N[C@H](C)c2ccccc2)c([N+](=O)[O-])c1. The van der Waals surface area contributed by atoms with Gasteiger partial charge in [0.05, 0.1) is 24.1 Å². The van der Waals surface area contributed by atoms with Gasteiger partial charge in [0.15, 0.2) is 0 Å². The third-order valence-corrected chi connectivity index (χ3v) is 3.85. The van der Waals surface area contributed by atoms with Gasteiger partial charge in [0.1, 0.15) is 11.4 Å². The number of hydrogen-bond donors (Lipinski definition) is 2. The Labute approximate surface area is 146 Å². The maximum atomic E-state index is 12.4. The normalized spacial score (nSPS) is 12.9. The first kappa shape index (κ1) is 18.4. The molecule has 0 fully saturated rings. The molecule has 0 unspecified atom stereocenters. The lowest BCUT2D eigenvalue weighted by Gasteiger charge is -2.20. The van der Waals surface area contributed by atoms with Gasteiger partial charge >= 0.3 is 0 Å². The molecule has 0 saturated carbocycles. The van der Waals surface area contributed by atoms with Crippen LogP contribution in [0.1, 0.15) is 25.5 Å². The molecule has 0 aliphatic rings. The quantitative estimate of drug-likeness (QED) is 0.594. The van der Waals surface area contributed by atoms with Crippen molar-refractivity contribution in [2.45, 2.75) is 25.9 Å². The van der Waals surface area contributed by atoms with E-state index in [1.165, 1.54) is 19.2 Å². The van der Waals surface area contributed by atoms with Crippen molar-refractivity contribution < 1.29 is 14.5 Å². The van der Waals surface area contributed by atoms with E-state index in [0.717, 1.165) is 5.56 Å². The predicted molar refractivity (Wildman–Crippen MR) is 95.7 cm³/mol. The lowest BCUT2D eigenvalue weighted by atomic mass is 10.1. The van der Waals surface area contributed by atoms with Crippen LogP contribution in [0.5, 0.6) is 5.75 Å². The molecule has 2 aromatic rings. The van der Waals surface area contributed by atoms with Crippen LogP contribution < -0.4 is 15.4 Å². The summed E-state index contributed by atoms with van der Waals surface area (Å²) in [6.07, 6.45) is 0. The molecule has 0 aliphatic heterocycles. The second-order valence-electron chi connectivity index (χ2n) is 5.65. The van der Waals surface area contributed by atoms with Crippen LogP contribution in [0.4, 0.5) is 11.4 Å². The smallest absolute Gasteiger partial charge is 0.296 e. The summed E-state index contributed by atoms with van der Waals surface area (Å²) in [5.74, 6) is 0.00428. The Morgan fingerprint density at radius 3 is 2.44 bits per heavy atom. The van der Waals surface area contributed by atoms with E-state index >= 15 is 0 Å². The van der Waals surface area contributed by atoms with Crippen LogP contribution >= 0.6 is 0 Å². The van der Waals surface area contributed by atoms with E-state index in [-0.39, 0.29) is 23.3 Å². The molecule has 0 spiro atoms. The number of hydrogen-bond acceptors (Lipinski definition) is 5. The van der Waals surface area contributed by atoms with E-state index in [1.807, 2.05) is 37.3 Å². The number of nitro benzene ring substituents is 1. The molecule has 7 heteroatoms. The lowest BCUT2D eigenvalue weighted by Crippen LogP contribution is -2.39. The molecule has 0 heterocycles. The van der Waals surface area contributed by atoms with E-state index in [1.54, 1.807) is 13.0 Å². The van der Waals surface area contributed by atoms with E-state index in [4.69, 9.17) is 4.74 Å². The van der Waals surface area contributed by atoms with Crippen molar-refractivity contribution in [3.05, 3.63) is 64.2 Å². The minimum atomic E-state index is -0.553. The Morgan fingerprint density at radius 1 is 1.16 bits per heavy atom. The molecule has 132 valence electrons. The van der Waals surface area contributed by atoms with Gasteiger partial charge in [-0.25, -0.2) is 0 Å². The van der Waals surface area contributed by atoms with Crippen LogP contribution in [0.15, 0.2) is 48.5 Å². The molecule has 0 aromatic heterocycles. The van der Waals surface area contributed by atoms with Crippen LogP contribution in [0.2, 0.25) is 0 Å². The highest BCUT2D eigenvalue weighted by atomic mass is 16.6. The maximum absolute atomic E-state index is 12.4. The summed E-state index contributed by atoms with van der Waals surface area (Å²) in [6.45, 7) is 3.67. The monoisotopic (exact) mass is 343 g/mol. The zero-order valence-electron chi connectivity index (χ0n) is 14.4. The van der Waals surface area contributed by atoms with Gasteiger partial charge < -0.3 is 10.1 Å². The molecular formula is C18H21N3O4. The van der Waals surface area contributed by atoms with Crippen LogP contribution in [-0.2, 0) is 4.79 Å². The Morgan fingerprint density at radius 2 is 1.84 bits per heavy atom. The molecule has 2 atom stereocenters. The van der Waals surface area contributed by atoms with Gasteiger partial charge in [-0.1, -0.05) is 30.3 Å². The third-order valence-electron chi connectivity index (χ3n) is 3.85. The minimum Gasteiger partial charge on any atom is -0.496 e. The number of nitrogens with zero attached hydrogens (tertiary/aromatic N) is 1. The highest BCUT2D eigenvalue weighted by molar-refractivity contribution is 5.96. The number of carbonyl (C=O) groups is 1. The highest BCUT2D eigenvalue weighted by Gasteiger charge is 2.21. The first-order chi connectivity index (χ1) is 11.9.